The number of methoxy groups -OCH3 is 1. The van der Waals surface area contributed by atoms with Crippen LogP contribution in [0.2, 0.25) is 0 Å². The minimum atomic E-state index is -0.285. The smallest absolute Gasteiger partial charge is 0.213 e. The van der Waals surface area contributed by atoms with Crippen molar-refractivity contribution in [3.05, 3.63) is 51.9 Å². The maximum absolute atomic E-state index is 13.5. The number of hydrogen-bond donors (Lipinski definition) is 1. The molecule has 0 saturated heterocycles. The lowest BCUT2D eigenvalue weighted by Gasteiger charge is -2.10. The van der Waals surface area contributed by atoms with Gasteiger partial charge in [-0.15, -0.1) is 0 Å². The van der Waals surface area contributed by atoms with Gasteiger partial charge >= 0.3 is 0 Å². The van der Waals surface area contributed by atoms with Crippen molar-refractivity contribution < 1.29 is 9.13 Å². The first kappa shape index (κ1) is 13.8. The van der Waals surface area contributed by atoms with Gasteiger partial charge in [-0.05, 0) is 46.6 Å². The lowest BCUT2D eigenvalue weighted by Crippen LogP contribution is -2.04. The van der Waals surface area contributed by atoms with Crippen LogP contribution in [0, 0.1) is 12.7 Å². The average Bonchev–Trinajstić information content (AvgIpc) is 2.41. The molecule has 0 bridgehead atoms. The van der Waals surface area contributed by atoms with Crippen LogP contribution in [0.4, 0.5) is 10.1 Å². The van der Waals surface area contributed by atoms with E-state index in [9.17, 15) is 4.39 Å². The SMILES string of the molecule is COc1cccc(CNc2cc(F)c(Br)cc2C)n1. The molecular formula is C14H14BrFN2O. The van der Waals surface area contributed by atoms with E-state index in [1.165, 1.54) is 6.07 Å². The molecule has 1 aromatic heterocycles. The zero-order chi connectivity index (χ0) is 13.8. The number of ether oxygens (including phenoxy) is 1. The first-order valence-electron chi connectivity index (χ1n) is 5.79. The molecule has 3 nitrogen and oxygen atoms in total. The number of nitrogens with zero attached hydrogens (tertiary/aromatic N) is 1. The molecule has 1 heterocycles. The molecule has 0 atom stereocenters. The first-order valence-corrected chi connectivity index (χ1v) is 6.59. The van der Waals surface area contributed by atoms with Crippen LogP contribution in [-0.2, 0) is 6.54 Å². The second-order valence-electron chi connectivity index (χ2n) is 4.11. The number of nitrogens with one attached hydrogen (secondary N) is 1. The molecule has 0 spiro atoms. The van der Waals surface area contributed by atoms with E-state index >= 15 is 0 Å². The molecule has 0 amide bonds. The maximum Gasteiger partial charge on any atom is 0.213 e. The molecule has 0 aliphatic rings. The van der Waals surface area contributed by atoms with Gasteiger partial charge in [-0.1, -0.05) is 6.07 Å². The highest BCUT2D eigenvalue weighted by molar-refractivity contribution is 9.10. The average molecular weight is 325 g/mol. The number of halogens is 2. The lowest BCUT2D eigenvalue weighted by molar-refractivity contribution is 0.396. The van der Waals surface area contributed by atoms with Crippen molar-refractivity contribution in [3.63, 3.8) is 0 Å². The Morgan fingerprint density at radius 3 is 2.89 bits per heavy atom. The molecule has 5 heteroatoms. The Labute approximate surface area is 119 Å². The van der Waals surface area contributed by atoms with Crippen LogP contribution in [0.5, 0.6) is 5.88 Å². The molecule has 100 valence electrons. The minimum absolute atomic E-state index is 0.285. The summed E-state index contributed by atoms with van der Waals surface area (Å²) in [7, 11) is 1.58. The van der Waals surface area contributed by atoms with Crippen molar-refractivity contribution in [1.82, 2.24) is 4.98 Å². The highest BCUT2D eigenvalue weighted by Gasteiger charge is 2.05. The van der Waals surface area contributed by atoms with Crippen molar-refractivity contribution in [3.8, 4) is 5.88 Å². The Morgan fingerprint density at radius 1 is 1.37 bits per heavy atom. The van der Waals surface area contributed by atoms with Crippen molar-refractivity contribution in [2.24, 2.45) is 0 Å². The van der Waals surface area contributed by atoms with E-state index in [4.69, 9.17) is 4.74 Å². The van der Waals surface area contributed by atoms with Crippen LogP contribution in [-0.4, -0.2) is 12.1 Å². The van der Waals surface area contributed by atoms with E-state index in [1.54, 1.807) is 19.2 Å². The molecule has 1 N–H and O–H groups in total. The van der Waals surface area contributed by atoms with Gasteiger partial charge in [-0.3, -0.25) is 0 Å². The van der Waals surface area contributed by atoms with Gasteiger partial charge < -0.3 is 10.1 Å². The lowest BCUT2D eigenvalue weighted by atomic mass is 10.2. The third-order valence-electron chi connectivity index (χ3n) is 2.72. The number of aryl methyl sites for hydroxylation is 1. The summed E-state index contributed by atoms with van der Waals surface area (Å²) in [6.45, 7) is 2.44. The largest absolute Gasteiger partial charge is 0.481 e. The molecule has 0 unspecified atom stereocenters. The van der Waals surface area contributed by atoms with E-state index in [1.807, 2.05) is 19.1 Å². The zero-order valence-electron chi connectivity index (χ0n) is 10.7. The monoisotopic (exact) mass is 324 g/mol. The number of benzene rings is 1. The Hall–Kier alpha value is -1.62. The number of rotatable bonds is 4. The van der Waals surface area contributed by atoms with E-state index < -0.39 is 0 Å². The fourth-order valence-corrected chi connectivity index (χ4v) is 2.15. The third kappa shape index (κ3) is 3.44. The van der Waals surface area contributed by atoms with E-state index in [2.05, 4.69) is 26.2 Å². The summed E-state index contributed by atoms with van der Waals surface area (Å²) < 4.78 is 19.0. The van der Waals surface area contributed by atoms with Gasteiger partial charge in [-0.2, -0.15) is 0 Å². The Bertz CT molecular complexity index is 590. The quantitative estimate of drug-likeness (QED) is 0.925. The van der Waals surface area contributed by atoms with Gasteiger partial charge in [0.25, 0.3) is 0 Å². The summed E-state index contributed by atoms with van der Waals surface area (Å²) in [4.78, 5) is 4.29. The predicted molar refractivity (Wildman–Crippen MR) is 77.0 cm³/mol. The zero-order valence-corrected chi connectivity index (χ0v) is 12.3. The molecule has 1 aromatic carbocycles. The normalized spacial score (nSPS) is 10.3. The maximum atomic E-state index is 13.5. The highest BCUT2D eigenvalue weighted by atomic mass is 79.9. The second kappa shape index (κ2) is 6.02. The Balaban J connectivity index is 2.12. The van der Waals surface area contributed by atoms with Crippen LogP contribution >= 0.6 is 15.9 Å². The third-order valence-corrected chi connectivity index (χ3v) is 3.33. The number of aromatic nitrogens is 1. The first-order chi connectivity index (χ1) is 9.10. The van der Waals surface area contributed by atoms with Crippen LogP contribution in [0.25, 0.3) is 0 Å². The number of hydrogen-bond acceptors (Lipinski definition) is 3. The van der Waals surface area contributed by atoms with Crippen LogP contribution in [0.1, 0.15) is 11.3 Å². The van der Waals surface area contributed by atoms with Gasteiger partial charge in [0, 0.05) is 11.8 Å². The molecule has 0 radical (unpaired) electrons. The summed E-state index contributed by atoms with van der Waals surface area (Å²) in [5.41, 5.74) is 2.56. The number of pyridine rings is 1. The van der Waals surface area contributed by atoms with Crippen molar-refractivity contribution in [2.75, 3.05) is 12.4 Å². The highest BCUT2D eigenvalue weighted by Crippen LogP contribution is 2.24. The van der Waals surface area contributed by atoms with Crippen molar-refractivity contribution in [2.45, 2.75) is 13.5 Å². The fourth-order valence-electron chi connectivity index (χ4n) is 1.69. The van der Waals surface area contributed by atoms with Gasteiger partial charge in [0.15, 0.2) is 0 Å². The topological polar surface area (TPSA) is 34.1 Å². The number of anilines is 1. The molecule has 0 saturated carbocycles. The molecular weight excluding hydrogens is 311 g/mol. The van der Waals surface area contributed by atoms with Gasteiger partial charge in [-0.25, -0.2) is 9.37 Å². The van der Waals surface area contributed by atoms with E-state index in [0.29, 0.717) is 16.9 Å². The summed E-state index contributed by atoms with van der Waals surface area (Å²) in [6.07, 6.45) is 0. The Morgan fingerprint density at radius 2 is 2.16 bits per heavy atom. The van der Waals surface area contributed by atoms with E-state index in [0.717, 1.165) is 16.9 Å². The fraction of sp³-hybridized carbons (Fsp3) is 0.214. The Kier molecular flexibility index (Phi) is 4.37. The molecule has 0 aliphatic heterocycles. The standard InChI is InChI=1S/C14H14BrFN2O/c1-9-6-11(15)12(16)7-13(9)17-8-10-4-3-5-14(18-10)19-2/h3-7,17H,8H2,1-2H3. The van der Waals surface area contributed by atoms with Gasteiger partial charge in [0.2, 0.25) is 5.88 Å². The minimum Gasteiger partial charge on any atom is -0.481 e. The van der Waals surface area contributed by atoms with Crippen molar-refractivity contribution in [1.29, 1.82) is 0 Å². The molecule has 19 heavy (non-hydrogen) atoms. The van der Waals surface area contributed by atoms with Gasteiger partial charge in [0.1, 0.15) is 5.82 Å². The van der Waals surface area contributed by atoms with Crippen LogP contribution in [0.15, 0.2) is 34.8 Å². The van der Waals surface area contributed by atoms with Crippen LogP contribution < -0.4 is 10.1 Å². The predicted octanol–water partition coefficient (Wildman–Crippen LogP) is 3.91. The van der Waals surface area contributed by atoms with Crippen LogP contribution in [0.3, 0.4) is 0 Å². The van der Waals surface area contributed by atoms with E-state index in [-0.39, 0.29) is 5.82 Å². The summed E-state index contributed by atoms with van der Waals surface area (Å²) in [5, 5.41) is 3.17. The molecule has 0 fully saturated rings. The summed E-state index contributed by atoms with van der Waals surface area (Å²) in [5.74, 6) is 0.282. The van der Waals surface area contributed by atoms with Crippen molar-refractivity contribution >= 4 is 21.6 Å². The molecule has 0 aliphatic carbocycles. The summed E-state index contributed by atoms with van der Waals surface area (Å²) in [6, 6.07) is 8.77. The second-order valence-corrected chi connectivity index (χ2v) is 4.96. The summed E-state index contributed by atoms with van der Waals surface area (Å²) >= 11 is 3.16. The molecule has 2 rings (SSSR count). The molecule has 2 aromatic rings. The van der Waals surface area contributed by atoms with Gasteiger partial charge in [0.05, 0.1) is 23.8 Å².